The number of hydrogen-bond donors (Lipinski definition) is 2. The molecule has 1 amide bonds. The first-order valence-electron chi connectivity index (χ1n) is 4.14. The average molecular weight is 196 g/mol. The van der Waals surface area contributed by atoms with Gasteiger partial charge in [0.25, 0.3) is 5.91 Å². The Morgan fingerprint density at radius 3 is 3.00 bits per heavy atom. The van der Waals surface area contributed by atoms with E-state index in [4.69, 9.17) is 10.5 Å². The van der Waals surface area contributed by atoms with Gasteiger partial charge in [-0.05, 0) is 13.0 Å². The molecule has 1 aliphatic heterocycles. The van der Waals surface area contributed by atoms with E-state index in [1.165, 1.54) is 6.07 Å². The van der Waals surface area contributed by atoms with Gasteiger partial charge in [0.05, 0.1) is 5.69 Å². The van der Waals surface area contributed by atoms with Gasteiger partial charge in [-0.3, -0.25) is 4.79 Å². The van der Waals surface area contributed by atoms with E-state index in [-0.39, 0.29) is 17.3 Å². The van der Waals surface area contributed by atoms with E-state index < -0.39 is 11.9 Å². The summed E-state index contributed by atoms with van der Waals surface area (Å²) in [5.74, 6) is -0.491. The van der Waals surface area contributed by atoms with E-state index in [0.29, 0.717) is 5.69 Å². The summed E-state index contributed by atoms with van der Waals surface area (Å²) in [6.45, 7) is 1.58. The highest BCUT2D eigenvalue weighted by Crippen LogP contribution is 2.35. The van der Waals surface area contributed by atoms with Gasteiger partial charge in [0, 0.05) is 6.07 Å². The van der Waals surface area contributed by atoms with Crippen molar-refractivity contribution in [3.63, 3.8) is 0 Å². The van der Waals surface area contributed by atoms with Crippen LogP contribution < -0.4 is 15.8 Å². The molecule has 74 valence electrons. The van der Waals surface area contributed by atoms with Crippen molar-refractivity contribution >= 4 is 17.3 Å². The summed E-state index contributed by atoms with van der Waals surface area (Å²) in [6, 6.07) is 2.33. The van der Waals surface area contributed by atoms with Crippen LogP contribution in [0.15, 0.2) is 12.1 Å². The molecule has 1 aliphatic rings. The Morgan fingerprint density at radius 2 is 2.29 bits per heavy atom. The van der Waals surface area contributed by atoms with Crippen molar-refractivity contribution in [2.24, 2.45) is 0 Å². The lowest BCUT2D eigenvalue weighted by Crippen LogP contribution is -2.34. The number of fused-ring (bicyclic) bond motifs is 1. The quantitative estimate of drug-likeness (QED) is 0.611. The molecule has 0 fully saturated rings. The molecule has 14 heavy (non-hydrogen) atoms. The topological polar surface area (TPSA) is 64.3 Å². The molecular weight excluding hydrogens is 187 g/mol. The summed E-state index contributed by atoms with van der Waals surface area (Å²) < 4.78 is 18.1. The zero-order valence-electron chi connectivity index (χ0n) is 7.50. The number of carbonyl (C=O) groups is 1. The van der Waals surface area contributed by atoms with Crippen LogP contribution >= 0.6 is 0 Å². The summed E-state index contributed by atoms with van der Waals surface area (Å²) in [5.41, 5.74) is 6.02. The first kappa shape index (κ1) is 8.80. The Kier molecular flexibility index (Phi) is 1.80. The van der Waals surface area contributed by atoms with Gasteiger partial charge in [-0.25, -0.2) is 4.39 Å². The summed E-state index contributed by atoms with van der Waals surface area (Å²) >= 11 is 0. The molecule has 1 unspecified atom stereocenters. The molecule has 0 aromatic heterocycles. The fourth-order valence-electron chi connectivity index (χ4n) is 1.30. The molecule has 0 radical (unpaired) electrons. The Morgan fingerprint density at radius 1 is 1.57 bits per heavy atom. The van der Waals surface area contributed by atoms with Crippen LogP contribution in [0.25, 0.3) is 0 Å². The molecule has 1 heterocycles. The molecular formula is C9H9FN2O2. The third-order valence-electron chi connectivity index (χ3n) is 2.02. The van der Waals surface area contributed by atoms with Crippen molar-refractivity contribution < 1.29 is 13.9 Å². The van der Waals surface area contributed by atoms with E-state index in [1.54, 1.807) is 6.92 Å². The number of benzene rings is 1. The standard InChI is InChI=1S/C9H9FN2O2/c1-4-9(13)12-8-6(11)2-5(10)3-7(8)14-4/h2-4H,11H2,1H3,(H,12,13). The molecule has 1 aromatic rings. The normalized spacial score (nSPS) is 19.6. The zero-order chi connectivity index (χ0) is 10.3. The van der Waals surface area contributed by atoms with Crippen molar-refractivity contribution in [1.82, 2.24) is 0 Å². The third kappa shape index (κ3) is 1.26. The lowest BCUT2D eigenvalue weighted by molar-refractivity contribution is -0.122. The molecule has 1 aromatic carbocycles. The second-order valence-corrected chi connectivity index (χ2v) is 3.12. The van der Waals surface area contributed by atoms with Gasteiger partial charge in [-0.1, -0.05) is 0 Å². The SMILES string of the molecule is CC1Oc2cc(F)cc(N)c2NC1=O. The van der Waals surface area contributed by atoms with Crippen LogP contribution in [-0.4, -0.2) is 12.0 Å². The predicted molar refractivity (Wildman–Crippen MR) is 49.5 cm³/mol. The molecule has 0 spiro atoms. The number of rotatable bonds is 0. The monoisotopic (exact) mass is 196 g/mol. The maximum atomic E-state index is 12.9. The van der Waals surface area contributed by atoms with Gasteiger partial charge in [0.2, 0.25) is 0 Å². The van der Waals surface area contributed by atoms with Gasteiger partial charge in [0.1, 0.15) is 17.3 Å². The van der Waals surface area contributed by atoms with Gasteiger partial charge in [0.15, 0.2) is 6.10 Å². The molecule has 3 N–H and O–H groups in total. The maximum Gasteiger partial charge on any atom is 0.265 e. The maximum absolute atomic E-state index is 12.9. The number of ether oxygens (including phenoxy) is 1. The third-order valence-corrected chi connectivity index (χ3v) is 2.02. The van der Waals surface area contributed by atoms with Crippen molar-refractivity contribution in [1.29, 1.82) is 0 Å². The van der Waals surface area contributed by atoms with E-state index in [9.17, 15) is 9.18 Å². The van der Waals surface area contributed by atoms with E-state index >= 15 is 0 Å². The number of nitrogen functional groups attached to an aromatic ring is 1. The molecule has 1 atom stereocenters. The first-order valence-corrected chi connectivity index (χ1v) is 4.14. The smallest absolute Gasteiger partial charge is 0.265 e. The van der Waals surface area contributed by atoms with E-state index in [1.807, 2.05) is 0 Å². The van der Waals surface area contributed by atoms with Crippen LogP contribution in [0, 0.1) is 5.82 Å². The predicted octanol–water partition coefficient (Wildman–Crippen LogP) is 1.13. The van der Waals surface area contributed by atoms with Gasteiger partial charge in [-0.2, -0.15) is 0 Å². The Bertz CT molecular complexity index is 406. The Balaban J connectivity index is 2.51. The number of anilines is 2. The fourth-order valence-corrected chi connectivity index (χ4v) is 1.30. The highest BCUT2D eigenvalue weighted by Gasteiger charge is 2.25. The van der Waals surface area contributed by atoms with Crippen LogP contribution in [0.2, 0.25) is 0 Å². The number of hydrogen-bond acceptors (Lipinski definition) is 3. The van der Waals surface area contributed by atoms with Gasteiger partial charge in [-0.15, -0.1) is 0 Å². The van der Waals surface area contributed by atoms with Crippen LogP contribution in [0.3, 0.4) is 0 Å². The summed E-state index contributed by atoms with van der Waals surface area (Å²) in [4.78, 5) is 11.2. The average Bonchev–Trinajstić information content (AvgIpc) is 2.08. The van der Waals surface area contributed by atoms with Crippen molar-refractivity contribution in [3.05, 3.63) is 17.9 Å². The molecule has 2 rings (SSSR count). The molecule has 0 saturated heterocycles. The van der Waals surface area contributed by atoms with Crippen LogP contribution in [0.1, 0.15) is 6.92 Å². The number of halogens is 1. The fraction of sp³-hybridized carbons (Fsp3) is 0.222. The number of nitrogens with two attached hydrogens (primary N) is 1. The Labute approximate surface area is 79.9 Å². The summed E-state index contributed by atoms with van der Waals surface area (Å²) in [7, 11) is 0. The minimum Gasteiger partial charge on any atom is -0.479 e. The van der Waals surface area contributed by atoms with Crippen LogP contribution in [0.4, 0.5) is 15.8 Å². The molecule has 0 bridgehead atoms. The highest BCUT2D eigenvalue weighted by atomic mass is 19.1. The number of amides is 1. The molecule has 5 heteroatoms. The minimum absolute atomic E-state index is 0.167. The molecule has 4 nitrogen and oxygen atoms in total. The molecule has 0 aliphatic carbocycles. The van der Waals surface area contributed by atoms with Crippen molar-refractivity contribution in [3.8, 4) is 5.75 Å². The second-order valence-electron chi connectivity index (χ2n) is 3.12. The highest BCUT2D eigenvalue weighted by molar-refractivity contribution is 6.00. The van der Waals surface area contributed by atoms with Crippen LogP contribution in [-0.2, 0) is 4.79 Å². The Hall–Kier alpha value is -1.78. The van der Waals surface area contributed by atoms with Gasteiger partial charge < -0.3 is 15.8 Å². The lowest BCUT2D eigenvalue weighted by atomic mass is 10.2. The lowest BCUT2D eigenvalue weighted by Gasteiger charge is -2.24. The van der Waals surface area contributed by atoms with Crippen molar-refractivity contribution in [2.45, 2.75) is 13.0 Å². The minimum atomic E-state index is -0.622. The number of carbonyl (C=O) groups excluding carboxylic acids is 1. The second kappa shape index (κ2) is 2.87. The molecule has 0 saturated carbocycles. The van der Waals surface area contributed by atoms with E-state index in [2.05, 4.69) is 5.32 Å². The first-order chi connectivity index (χ1) is 6.58. The van der Waals surface area contributed by atoms with Crippen molar-refractivity contribution in [2.75, 3.05) is 11.1 Å². The van der Waals surface area contributed by atoms with Gasteiger partial charge >= 0.3 is 0 Å². The zero-order valence-corrected chi connectivity index (χ0v) is 7.50. The summed E-state index contributed by atoms with van der Waals surface area (Å²) in [5, 5.41) is 2.55. The summed E-state index contributed by atoms with van der Waals surface area (Å²) in [6.07, 6.45) is -0.622. The van der Waals surface area contributed by atoms with Crippen LogP contribution in [0.5, 0.6) is 5.75 Å². The largest absolute Gasteiger partial charge is 0.479 e. The van der Waals surface area contributed by atoms with E-state index in [0.717, 1.165) is 6.07 Å². The number of nitrogens with one attached hydrogen (secondary N) is 1.